The first-order valence-electron chi connectivity index (χ1n) is 6.02. The van der Waals surface area contributed by atoms with Gasteiger partial charge in [0, 0.05) is 19.5 Å². The Morgan fingerprint density at radius 3 is 2.75 bits per heavy atom. The molecule has 1 atom stereocenters. The molecular formula is C12H20ClNO2. The van der Waals surface area contributed by atoms with E-state index >= 15 is 0 Å². The van der Waals surface area contributed by atoms with Gasteiger partial charge in [-0.1, -0.05) is 0 Å². The van der Waals surface area contributed by atoms with Crippen molar-refractivity contribution in [1.82, 2.24) is 4.90 Å². The number of ether oxygens (including phenoxy) is 1. The third-order valence-electron chi connectivity index (χ3n) is 3.17. The number of carbonyl (C=O) groups excluding carboxylic acids is 1. The van der Waals surface area contributed by atoms with E-state index in [0.29, 0.717) is 31.3 Å². The second-order valence-electron chi connectivity index (χ2n) is 5.58. The van der Waals surface area contributed by atoms with Crippen LogP contribution in [0.25, 0.3) is 0 Å². The molecule has 3 nitrogen and oxygen atoms in total. The molecule has 2 fully saturated rings. The summed E-state index contributed by atoms with van der Waals surface area (Å²) in [5.41, 5.74) is -0.267. The van der Waals surface area contributed by atoms with E-state index in [1.54, 1.807) is 0 Å². The lowest BCUT2D eigenvalue weighted by molar-refractivity contribution is -0.157. The van der Waals surface area contributed by atoms with Gasteiger partial charge in [0.1, 0.15) is 0 Å². The minimum Gasteiger partial charge on any atom is -0.367 e. The summed E-state index contributed by atoms with van der Waals surface area (Å²) in [5.74, 6) is 1.37. The van der Waals surface area contributed by atoms with Crippen molar-refractivity contribution in [3.8, 4) is 0 Å². The lowest BCUT2D eigenvalue weighted by atomic mass is 10.0. The Bertz CT molecular complexity index is 276. The summed E-state index contributed by atoms with van der Waals surface area (Å²) in [4.78, 5) is 14.0. The Morgan fingerprint density at radius 1 is 1.50 bits per heavy atom. The first-order valence-corrected chi connectivity index (χ1v) is 6.55. The molecule has 1 amide bonds. The van der Waals surface area contributed by atoms with Gasteiger partial charge in [-0.05, 0) is 32.6 Å². The van der Waals surface area contributed by atoms with Crippen LogP contribution >= 0.6 is 11.6 Å². The highest BCUT2D eigenvalue weighted by Gasteiger charge is 2.36. The predicted octanol–water partition coefficient (Wildman–Crippen LogP) is 2.03. The molecule has 0 spiro atoms. The van der Waals surface area contributed by atoms with Crippen LogP contribution in [-0.2, 0) is 9.53 Å². The van der Waals surface area contributed by atoms with Crippen LogP contribution < -0.4 is 0 Å². The van der Waals surface area contributed by atoms with Crippen LogP contribution in [0, 0.1) is 5.92 Å². The lowest BCUT2D eigenvalue weighted by Gasteiger charge is -2.42. The third-order valence-corrected chi connectivity index (χ3v) is 3.51. The number of carbonyl (C=O) groups is 1. The summed E-state index contributed by atoms with van der Waals surface area (Å²) in [5, 5.41) is 0. The zero-order valence-electron chi connectivity index (χ0n) is 10.0. The molecule has 2 aliphatic rings. The van der Waals surface area contributed by atoms with Gasteiger partial charge in [0.2, 0.25) is 5.91 Å². The Hall–Kier alpha value is -0.280. The van der Waals surface area contributed by atoms with E-state index in [1.807, 2.05) is 18.7 Å². The van der Waals surface area contributed by atoms with E-state index in [9.17, 15) is 4.79 Å². The third kappa shape index (κ3) is 3.11. The number of amides is 1. The van der Waals surface area contributed by atoms with E-state index in [0.717, 1.165) is 0 Å². The quantitative estimate of drug-likeness (QED) is 0.712. The van der Waals surface area contributed by atoms with Crippen molar-refractivity contribution < 1.29 is 9.53 Å². The maximum Gasteiger partial charge on any atom is 0.223 e. The fourth-order valence-electron chi connectivity index (χ4n) is 2.26. The van der Waals surface area contributed by atoms with Gasteiger partial charge in [-0.25, -0.2) is 0 Å². The van der Waals surface area contributed by atoms with Gasteiger partial charge in [-0.2, -0.15) is 0 Å². The Balaban J connectivity index is 1.94. The van der Waals surface area contributed by atoms with Crippen molar-refractivity contribution in [1.29, 1.82) is 0 Å². The molecule has 1 saturated carbocycles. The van der Waals surface area contributed by atoms with Gasteiger partial charge in [0.25, 0.3) is 0 Å². The predicted molar refractivity (Wildman–Crippen MR) is 63.6 cm³/mol. The zero-order chi connectivity index (χ0) is 11.8. The molecule has 1 saturated heterocycles. The van der Waals surface area contributed by atoms with Crippen LogP contribution in [-0.4, -0.2) is 41.5 Å². The molecule has 1 aliphatic heterocycles. The monoisotopic (exact) mass is 245 g/mol. The van der Waals surface area contributed by atoms with Gasteiger partial charge < -0.3 is 9.64 Å². The average Bonchev–Trinajstić information content (AvgIpc) is 2.99. The Kier molecular flexibility index (Phi) is 3.45. The van der Waals surface area contributed by atoms with Crippen molar-refractivity contribution in [3.05, 3.63) is 0 Å². The highest BCUT2D eigenvalue weighted by Crippen LogP contribution is 2.33. The second-order valence-corrected chi connectivity index (χ2v) is 5.88. The number of hydrogen-bond acceptors (Lipinski definition) is 2. The summed E-state index contributed by atoms with van der Waals surface area (Å²) in [7, 11) is 0. The zero-order valence-corrected chi connectivity index (χ0v) is 10.8. The molecular weight excluding hydrogens is 226 g/mol. The number of rotatable bonds is 3. The molecule has 2 rings (SSSR count). The van der Waals surface area contributed by atoms with Gasteiger partial charge >= 0.3 is 0 Å². The lowest BCUT2D eigenvalue weighted by Crippen LogP contribution is -2.55. The number of alkyl halides is 1. The van der Waals surface area contributed by atoms with E-state index < -0.39 is 0 Å². The van der Waals surface area contributed by atoms with Gasteiger partial charge in [-0.15, -0.1) is 11.6 Å². The minimum absolute atomic E-state index is 0.0198. The molecule has 0 N–H and O–H groups in total. The first kappa shape index (κ1) is 12.2. The number of morpholine rings is 1. The largest absolute Gasteiger partial charge is 0.367 e. The van der Waals surface area contributed by atoms with Gasteiger partial charge in [0.15, 0.2) is 0 Å². The van der Waals surface area contributed by atoms with Crippen LogP contribution in [0.4, 0.5) is 0 Å². The fourth-order valence-corrected chi connectivity index (χ4v) is 2.42. The summed E-state index contributed by atoms with van der Waals surface area (Å²) >= 11 is 5.83. The molecule has 92 valence electrons. The average molecular weight is 246 g/mol. The maximum absolute atomic E-state index is 12.0. The summed E-state index contributed by atoms with van der Waals surface area (Å²) in [6.07, 6.45) is 3.13. The summed E-state index contributed by atoms with van der Waals surface area (Å²) < 4.78 is 5.80. The number of nitrogens with zero attached hydrogens (tertiary/aromatic N) is 1. The fraction of sp³-hybridized carbons (Fsp3) is 0.917. The molecule has 1 unspecified atom stereocenters. The van der Waals surface area contributed by atoms with E-state index in [-0.39, 0.29) is 17.6 Å². The standard InChI is InChI=1S/C12H20ClNO2/c1-12(2)8-14(7-10(6-13)16-12)11(15)5-9-3-4-9/h9-10H,3-8H2,1-2H3. The maximum atomic E-state index is 12.0. The van der Waals surface area contributed by atoms with Crippen LogP contribution in [0.1, 0.15) is 33.1 Å². The number of halogens is 1. The molecule has 0 radical (unpaired) electrons. The highest BCUT2D eigenvalue weighted by atomic mass is 35.5. The Morgan fingerprint density at radius 2 is 2.19 bits per heavy atom. The van der Waals surface area contributed by atoms with Crippen molar-refractivity contribution >= 4 is 17.5 Å². The molecule has 0 bridgehead atoms. The second kappa shape index (κ2) is 4.53. The minimum atomic E-state index is -0.267. The van der Waals surface area contributed by atoms with E-state index in [4.69, 9.17) is 16.3 Å². The van der Waals surface area contributed by atoms with Crippen molar-refractivity contribution in [3.63, 3.8) is 0 Å². The van der Waals surface area contributed by atoms with E-state index in [2.05, 4.69) is 0 Å². The first-order chi connectivity index (χ1) is 7.50. The number of hydrogen-bond donors (Lipinski definition) is 0. The van der Waals surface area contributed by atoms with Crippen LogP contribution in [0.15, 0.2) is 0 Å². The molecule has 0 aromatic heterocycles. The van der Waals surface area contributed by atoms with Gasteiger partial charge in [0.05, 0.1) is 17.6 Å². The van der Waals surface area contributed by atoms with Crippen molar-refractivity contribution in [2.45, 2.75) is 44.8 Å². The molecule has 0 aromatic carbocycles. The smallest absolute Gasteiger partial charge is 0.223 e. The SMILES string of the molecule is CC1(C)CN(C(=O)CC2CC2)CC(CCl)O1. The summed E-state index contributed by atoms with van der Waals surface area (Å²) in [6.45, 7) is 5.37. The van der Waals surface area contributed by atoms with Crippen molar-refractivity contribution in [2.75, 3.05) is 19.0 Å². The Labute approximate surface area is 102 Å². The van der Waals surface area contributed by atoms with Crippen LogP contribution in [0.3, 0.4) is 0 Å². The van der Waals surface area contributed by atoms with Gasteiger partial charge in [-0.3, -0.25) is 4.79 Å². The van der Waals surface area contributed by atoms with Crippen LogP contribution in [0.5, 0.6) is 0 Å². The summed E-state index contributed by atoms with van der Waals surface area (Å²) in [6, 6.07) is 0. The molecule has 0 aromatic rings. The molecule has 4 heteroatoms. The topological polar surface area (TPSA) is 29.5 Å². The highest BCUT2D eigenvalue weighted by molar-refractivity contribution is 6.18. The van der Waals surface area contributed by atoms with Crippen molar-refractivity contribution in [2.24, 2.45) is 5.92 Å². The van der Waals surface area contributed by atoms with E-state index in [1.165, 1.54) is 12.8 Å². The molecule has 16 heavy (non-hydrogen) atoms. The molecule has 1 heterocycles. The van der Waals surface area contributed by atoms with Crippen LogP contribution in [0.2, 0.25) is 0 Å². The molecule has 1 aliphatic carbocycles. The normalized spacial score (nSPS) is 29.2.